The third-order valence-corrected chi connectivity index (χ3v) is 0.902. The Morgan fingerprint density at radius 1 is 1.64 bits per heavy atom. The van der Waals surface area contributed by atoms with Crippen LogP contribution in [-0.2, 0) is 47.0 Å². The van der Waals surface area contributed by atoms with Crippen molar-refractivity contribution in [3.8, 4) is 0 Å². The number of methoxy groups -OCH3 is 1. The van der Waals surface area contributed by atoms with E-state index in [1.165, 1.54) is 7.11 Å². The summed E-state index contributed by atoms with van der Waals surface area (Å²) in [4.78, 5) is 20.2. The maximum absolute atomic E-state index is 10.4. The molecule has 0 spiro atoms. The van der Waals surface area contributed by atoms with Gasteiger partial charge in [-0.05, 0) is 0 Å². The monoisotopic (exact) mass is 273 g/mol. The molecule has 0 amide bonds. The summed E-state index contributed by atoms with van der Waals surface area (Å²) in [6.07, 6.45) is 1.80. The molecular formula is C10H16O3Y-2. The van der Waals surface area contributed by atoms with Crippen molar-refractivity contribution < 1.29 is 47.0 Å². The molecule has 14 heavy (non-hydrogen) atoms. The number of allylic oxidation sites excluding steroid dienone is 1. The molecule has 0 aromatic carbocycles. The predicted octanol–water partition coefficient (Wildman–Crippen LogP) is 1.69. The van der Waals surface area contributed by atoms with Crippen molar-refractivity contribution in [1.82, 2.24) is 0 Å². The summed E-state index contributed by atoms with van der Waals surface area (Å²) in [6, 6.07) is 0. The number of ether oxygens (including phenoxy) is 1. The number of carbonyl (C=O) groups excluding carboxylic acids is 2. The fourth-order valence-electron chi connectivity index (χ4n) is 0.375. The van der Waals surface area contributed by atoms with E-state index in [0.717, 1.165) is 5.57 Å². The third kappa shape index (κ3) is 22.6. The van der Waals surface area contributed by atoms with Gasteiger partial charge in [-0.25, -0.2) is 19.1 Å². The molecule has 0 aliphatic rings. The number of hydrogen-bond acceptors (Lipinski definition) is 3. The molecular weight excluding hydrogens is 257 g/mol. The van der Waals surface area contributed by atoms with Gasteiger partial charge in [0.25, 0.3) is 0 Å². The quantitative estimate of drug-likeness (QED) is 0.580. The molecule has 1 unspecified atom stereocenters. The van der Waals surface area contributed by atoms with Crippen molar-refractivity contribution >= 4 is 12.3 Å². The Morgan fingerprint density at radius 2 is 2.00 bits per heavy atom. The Morgan fingerprint density at radius 3 is 2.21 bits per heavy atom. The smallest absolute Gasteiger partial charge is 0.303 e. The summed E-state index contributed by atoms with van der Waals surface area (Å²) in [5, 5.41) is 0. The standard InChI is InChI=1S/C6H9O3.C4H7.Y/c1-5(4-7)3-6(8)9-2;1-4(2)3;/h5H,3H2,1-2H3;1-2H2,3H3;/q2*-1;. The van der Waals surface area contributed by atoms with Crippen molar-refractivity contribution in [3.05, 3.63) is 19.1 Å². The van der Waals surface area contributed by atoms with Gasteiger partial charge >= 0.3 is 5.97 Å². The first-order valence-corrected chi connectivity index (χ1v) is 3.86. The Hall–Kier alpha value is -0.146. The average Bonchev–Trinajstić information content (AvgIpc) is 2.03. The molecule has 79 valence electrons. The summed E-state index contributed by atoms with van der Waals surface area (Å²) in [5.74, 6) is -0.719. The van der Waals surface area contributed by atoms with Crippen molar-refractivity contribution in [2.75, 3.05) is 7.11 Å². The van der Waals surface area contributed by atoms with Gasteiger partial charge in [-0.1, -0.05) is 13.8 Å². The van der Waals surface area contributed by atoms with E-state index in [2.05, 4.69) is 18.2 Å². The largest absolute Gasteiger partial charge is 0.542 e. The van der Waals surface area contributed by atoms with E-state index in [1.54, 1.807) is 13.2 Å². The molecule has 0 bridgehead atoms. The summed E-state index contributed by atoms with van der Waals surface area (Å²) in [5.41, 5.74) is 0.917. The Balaban J connectivity index is -0.000000209. The van der Waals surface area contributed by atoms with E-state index < -0.39 is 0 Å². The first kappa shape index (κ1) is 19.4. The van der Waals surface area contributed by atoms with Crippen LogP contribution in [0.15, 0.2) is 12.2 Å². The van der Waals surface area contributed by atoms with E-state index in [4.69, 9.17) is 0 Å². The molecule has 0 saturated carbocycles. The van der Waals surface area contributed by atoms with Gasteiger partial charge in [-0.2, -0.15) is 0 Å². The van der Waals surface area contributed by atoms with E-state index in [-0.39, 0.29) is 51.0 Å². The Labute approximate surface area is 111 Å². The van der Waals surface area contributed by atoms with Crippen LogP contribution in [0.1, 0.15) is 20.3 Å². The minimum atomic E-state index is -0.370. The normalized spacial score (nSPS) is 9.64. The summed E-state index contributed by atoms with van der Waals surface area (Å²) < 4.78 is 4.30. The van der Waals surface area contributed by atoms with Crippen molar-refractivity contribution in [3.63, 3.8) is 0 Å². The van der Waals surface area contributed by atoms with Gasteiger partial charge in [-0.15, -0.1) is 5.92 Å². The van der Waals surface area contributed by atoms with Gasteiger partial charge in [0.1, 0.15) is 0 Å². The predicted molar refractivity (Wildman–Crippen MR) is 51.7 cm³/mol. The molecule has 0 saturated heterocycles. The molecule has 0 N–H and O–H groups in total. The maximum atomic E-state index is 10.4. The molecule has 0 rings (SSSR count). The summed E-state index contributed by atoms with van der Waals surface area (Å²) in [6.45, 7) is 10.4. The van der Waals surface area contributed by atoms with E-state index in [1.807, 2.05) is 6.92 Å². The van der Waals surface area contributed by atoms with Crippen LogP contribution < -0.4 is 0 Å². The fraction of sp³-hybridized carbons (Fsp3) is 0.500. The second-order valence-corrected chi connectivity index (χ2v) is 2.76. The van der Waals surface area contributed by atoms with Gasteiger partial charge in [0, 0.05) is 39.1 Å². The van der Waals surface area contributed by atoms with Crippen LogP contribution in [-0.4, -0.2) is 19.4 Å². The van der Waals surface area contributed by atoms with Gasteiger partial charge < -0.3 is 9.53 Å². The van der Waals surface area contributed by atoms with Crippen molar-refractivity contribution in [2.45, 2.75) is 20.3 Å². The molecule has 0 heterocycles. The first-order valence-electron chi connectivity index (χ1n) is 3.86. The molecule has 0 aromatic heterocycles. The molecule has 0 aliphatic carbocycles. The van der Waals surface area contributed by atoms with Gasteiger partial charge in [-0.3, -0.25) is 11.1 Å². The molecule has 1 radical (unpaired) electrons. The van der Waals surface area contributed by atoms with E-state index >= 15 is 0 Å². The second kappa shape index (κ2) is 12.9. The van der Waals surface area contributed by atoms with E-state index in [0.29, 0.717) is 0 Å². The number of esters is 1. The second-order valence-electron chi connectivity index (χ2n) is 2.76. The van der Waals surface area contributed by atoms with Crippen LogP contribution in [0.3, 0.4) is 0 Å². The molecule has 0 aromatic rings. The van der Waals surface area contributed by atoms with Crippen LogP contribution in [0.4, 0.5) is 0 Å². The number of carbonyl (C=O) groups is 1. The topological polar surface area (TPSA) is 43.4 Å². The average molecular weight is 273 g/mol. The van der Waals surface area contributed by atoms with Crippen molar-refractivity contribution in [2.24, 2.45) is 5.92 Å². The van der Waals surface area contributed by atoms with Crippen molar-refractivity contribution in [1.29, 1.82) is 0 Å². The third-order valence-electron chi connectivity index (χ3n) is 0.902. The Kier molecular flexibility index (Phi) is 17.8. The maximum Gasteiger partial charge on any atom is 0.303 e. The van der Waals surface area contributed by atoms with Crippen LogP contribution in [0.25, 0.3) is 0 Å². The molecule has 3 nitrogen and oxygen atoms in total. The zero-order valence-electron chi connectivity index (χ0n) is 9.00. The molecule has 4 heteroatoms. The first-order chi connectivity index (χ1) is 5.93. The molecule has 0 fully saturated rings. The minimum Gasteiger partial charge on any atom is -0.542 e. The van der Waals surface area contributed by atoms with Crippen LogP contribution in [0, 0.1) is 12.8 Å². The summed E-state index contributed by atoms with van der Waals surface area (Å²) >= 11 is 0. The van der Waals surface area contributed by atoms with Crippen LogP contribution >= 0.6 is 0 Å². The van der Waals surface area contributed by atoms with E-state index in [9.17, 15) is 9.59 Å². The fourth-order valence-corrected chi connectivity index (χ4v) is 0.375. The zero-order chi connectivity index (χ0) is 10.9. The van der Waals surface area contributed by atoms with Crippen LogP contribution in [0.5, 0.6) is 0 Å². The summed E-state index contributed by atoms with van der Waals surface area (Å²) in [7, 11) is 1.29. The minimum absolute atomic E-state index is 0. The Bertz CT molecular complexity index is 174. The zero-order valence-corrected chi connectivity index (χ0v) is 11.8. The van der Waals surface area contributed by atoms with Gasteiger partial charge in [0.15, 0.2) is 0 Å². The molecule has 0 aliphatic heterocycles. The van der Waals surface area contributed by atoms with Gasteiger partial charge in [0.2, 0.25) is 0 Å². The SMILES string of the molecule is C=C([CH2-])C.COC(=O)CC(C)[C-]=O.[Y]. The number of rotatable bonds is 3. The number of hydrogen-bond donors (Lipinski definition) is 0. The van der Waals surface area contributed by atoms with Gasteiger partial charge in [0.05, 0.1) is 7.11 Å². The van der Waals surface area contributed by atoms with Crippen LogP contribution in [0.2, 0.25) is 0 Å². The molecule has 1 atom stereocenters.